The monoisotopic (exact) mass is 248 g/mol. The zero-order valence-electron chi connectivity index (χ0n) is 7.53. The summed E-state index contributed by atoms with van der Waals surface area (Å²) in [6.07, 6.45) is 0. The fraction of sp³-hybridized carbons (Fsp3) is 0.222. The van der Waals surface area contributed by atoms with E-state index in [0.29, 0.717) is 12.2 Å². The van der Waals surface area contributed by atoms with Crippen LogP contribution in [-0.2, 0) is 4.74 Å². The van der Waals surface area contributed by atoms with Crippen LogP contribution in [0.25, 0.3) is 0 Å². The van der Waals surface area contributed by atoms with Crippen molar-refractivity contribution < 1.29 is 9.53 Å². The van der Waals surface area contributed by atoms with E-state index < -0.39 is 0 Å². The molecule has 0 N–H and O–H groups in total. The number of hydrogen-bond acceptors (Lipinski definition) is 4. The summed E-state index contributed by atoms with van der Waals surface area (Å²) in [4.78, 5) is 12.3. The summed E-state index contributed by atoms with van der Waals surface area (Å²) < 4.78 is 4.85. The molecule has 1 aromatic rings. The van der Waals surface area contributed by atoms with Gasteiger partial charge >= 0.3 is 5.97 Å². The van der Waals surface area contributed by atoms with Crippen LogP contribution in [-0.4, -0.2) is 12.6 Å². The molecule has 0 amide bonds. The smallest absolute Gasteiger partial charge is 0.338 e. The molecule has 0 radical (unpaired) electrons. The van der Waals surface area contributed by atoms with Gasteiger partial charge < -0.3 is 4.74 Å². The molecule has 2 nitrogen and oxygen atoms in total. The summed E-state index contributed by atoms with van der Waals surface area (Å²) in [5.74, 6) is -0.289. The lowest BCUT2D eigenvalue weighted by Gasteiger charge is -2.01. The number of rotatable bonds is 4. The van der Waals surface area contributed by atoms with Crippen LogP contribution in [0.1, 0.15) is 17.3 Å². The predicted molar refractivity (Wildman–Crippen MR) is 61.7 cm³/mol. The average molecular weight is 249 g/mol. The largest absolute Gasteiger partial charge is 0.462 e. The Bertz CT molecular complexity index is 300. The quantitative estimate of drug-likeness (QED) is 0.599. The fourth-order valence-electron chi connectivity index (χ4n) is 0.897. The molecule has 0 aliphatic heterocycles. The van der Waals surface area contributed by atoms with Crippen molar-refractivity contribution in [3.05, 3.63) is 29.8 Å². The third kappa shape index (κ3) is 3.44. The SMILES string of the molecule is CCOC(=O)c1ccc(SSCl)cc1. The van der Waals surface area contributed by atoms with Gasteiger partial charge in [-0.2, -0.15) is 0 Å². The van der Waals surface area contributed by atoms with Crippen LogP contribution in [0.5, 0.6) is 0 Å². The van der Waals surface area contributed by atoms with Crippen LogP contribution >= 0.6 is 31.5 Å². The minimum absolute atomic E-state index is 0.289. The van der Waals surface area contributed by atoms with Crippen molar-refractivity contribution in [1.29, 1.82) is 0 Å². The molecule has 1 aromatic carbocycles. The van der Waals surface area contributed by atoms with Crippen LogP contribution in [0.3, 0.4) is 0 Å². The molecule has 0 aliphatic rings. The Labute approximate surface area is 95.3 Å². The van der Waals surface area contributed by atoms with E-state index in [1.165, 1.54) is 10.8 Å². The average Bonchev–Trinajstić information content (AvgIpc) is 2.20. The molecule has 0 fully saturated rings. The van der Waals surface area contributed by atoms with Crippen molar-refractivity contribution in [3.63, 3.8) is 0 Å². The molecule has 0 bridgehead atoms. The third-order valence-electron chi connectivity index (χ3n) is 1.49. The highest BCUT2D eigenvalue weighted by Crippen LogP contribution is 2.33. The maximum atomic E-state index is 11.3. The third-order valence-corrected chi connectivity index (χ3v) is 3.35. The van der Waals surface area contributed by atoms with E-state index in [4.69, 9.17) is 15.4 Å². The fourth-order valence-corrected chi connectivity index (χ4v) is 2.42. The zero-order chi connectivity index (χ0) is 10.4. The second-order valence-corrected chi connectivity index (χ2v) is 5.17. The van der Waals surface area contributed by atoms with Gasteiger partial charge in [0, 0.05) is 14.9 Å². The highest BCUT2D eigenvalue weighted by Gasteiger charge is 2.05. The second kappa shape index (κ2) is 6.22. The Kier molecular flexibility index (Phi) is 5.22. The Balaban J connectivity index is 2.67. The highest BCUT2D eigenvalue weighted by atomic mass is 35.7. The topological polar surface area (TPSA) is 26.3 Å². The first-order valence-electron chi connectivity index (χ1n) is 4.00. The summed E-state index contributed by atoms with van der Waals surface area (Å²) in [6.45, 7) is 2.18. The Morgan fingerprint density at radius 2 is 2.07 bits per heavy atom. The molecule has 0 aliphatic carbocycles. The number of carbonyl (C=O) groups excluding carboxylic acids is 1. The Morgan fingerprint density at radius 1 is 1.43 bits per heavy atom. The molecular formula is C9H9ClO2S2. The lowest BCUT2D eigenvalue weighted by Crippen LogP contribution is -2.03. The van der Waals surface area contributed by atoms with E-state index in [0.717, 1.165) is 14.9 Å². The maximum Gasteiger partial charge on any atom is 0.338 e. The van der Waals surface area contributed by atoms with E-state index >= 15 is 0 Å². The predicted octanol–water partition coefficient (Wildman–Crippen LogP) is 3.76. The highest BCUT2D eigenvalue weighted by molar-refractivity contribution is 8.85. The van der Waals surface area contributed by atoms with Gasteiger partial charge in [0.05, 0.1) is 12.2 Å². The lowest BCUT2D eigenvalue weighted by molar-refractivity contribution is 0.0526. The summed E-state index contributed by atoms with van der Waals surface area (Å²) in [7, 11) is 8.07. The second-order valence-electron chi connectivity index (χ2n) is 2.39. The maximum absolute atomic E-state index is 11.3. The number of esters is 1. The van der Waals surface area contributed by atoms with Gasteiger partial charge in [0.15, 0.2) is 0 Å². The zero-order valence-corrected chi connectivity index (χ0v) is 9.92. The lowest BCUT2D eigenvalue weighted by atomic mass is 10.2. The van der Waals surface area contributed by atoms with Gasteiger partial charge in [-0.05, 0) is 52.7 Å². The first-order valence-corrected chi connectivity index (χ1v) is 6.98. The van der Waals surface area contributed by atoms with Crippen molar-refractivity contribution in [2.24, 2.45) is 0 Å². The van der Waals surface area contributed by atoms with Gasteiger partial charge in [-0.3, -0.25) is 0 Å². The molecule has 0 aromatic heterocycles. The standard InChI is InChI=1S/C9H9ClO2S2/c1-2-12-9(11)7-3-5-8(6-4-7)13-14-10/h3-6H,2H2,1H3. The summed E-state index contributed by atoms with van der Waals surface area (Å²) in [6, 6.07) is 7.14. The van der Waals surface area contributed by atoms with Crippen molar-refractivity contribution >= 4 is 37.5 Å². The summed E-state index contributed by atoms with van der Waals surface area (Å²) >= 11 is 0. The number of carbonyl (C=O) groups is 1. The van der Waals surface area contributed by atoms with Crippen LogP contribution in [0.15, 0.2) is 29.2 Å². The molecule has 0 saturated heterocycles. The van der Waals surface area contributed by atoms with E-state index in [2.05, 4.69) is 0 Å². The van der Waals surface area contributed by atoms with Crippen LogP contribution in [0, 0.1) is 0 Å². The molecule has 1 rings (SSSR count). The normalized spacial score (nSPS) is 9.86. The van der Waals surface area contributed by atoms with E-state index in [-0.39, 0.29) is 5.97 Å². The van der Waals surface area contributed by atoms with E-state index in [1.54, 1.807) is 19.1 Å². The van der Waals surface area contributed by atoms with Crippen molar-refractivity contribution in [2.75, 3.05) is 6.61 Å². The van der Waals surface area contributed by atoms with Gasteiger partial charge in [-0.15, -0.1) is 0 Å². The summed E-state index contributed by atoms with van der Waals surface area (Å²) in [5.41, 5.74) is 0.566. The first-order chi connectivity index (χ1) is 6.77. The molecule has 76 valence electrons. The van der Waals surface area contributed by atoms with Gasteiger partial charge in [-0.25, -0.2) is 4.79 Å². The van der Waals surface area contributed by atoms with Crippen LogP contribution < -0.4 is 0 Å². The first kappa shape index (κ1) is 11.8. The molecule has 0 heterocycles. The number of ether oxygens (including phenoxy) is 1. The van der Waals surface area contributed by atoms with Gasteiger partial charge in [-0.1, -0.05) is 0 Å². The molecule has 0 saturated carbocycles. The number of hydrogen-bond donors (Lipinski definition) is 0. The van der Waals surface area contributed by atoms with Crippen LogP contribution in [0.4, 0.5) is 0 Å². The van der Waals surface area contributed by atoms with Crippen molar-refractivity contribution in [2.45, 2.75) is 11.8 Å². The van der Waals surface area contributed by atoms with E-state index in [9.17, 15) is 4.79 Å². The summed E-state index contributed by atoms with van der Waals surface area (Å²) in [5, 5.41) is 0. The number of benzene rings is 1. The Hall–Kier alpha value is -0.320. The molecular weight excluding hydrogens is 240 g/mol. The molecule has 14 heavy (non-hydrogen) atoms. The minimum atomic E-state index is -0.289. The van der Waals surface area contributed by atoms with Gasteiger partial charge in [0.1, 0.15) is 0 Å². The Morgan fingerprint density at radius 3 is 2.57 bits per heavy atom. The number of halogens is 1. The van der Waals surface area contributed by atoms with Gasteiger partial charge in [0.25, 0.3) is 0 Å². The molecule has 0 spiro atoms. The van der Waals surface area contributed by atoms with E-state index in [1.807, 2.05) is 12.1 Å². The minimum Gasteiger partial charge on any atom is -0.462 e. The van der Waals surface area contributed by atoms with Crippen LogP contribution in [0.2, 0.25) is 0 Å². The van der Waals surface area contributed by atoms with Gasteiger partial charge in [0.2, 0.25) is 0 Å². The molecule has 0 unspecified atom stereocenters. The molecule has 5 heteroatoms. The molecule has 0 atom stereocenters. The van der Waals surface area contributed by atoms with Crippen molar-refractivity contribution in [1.82, 2.24) is 0 Å². The van der Waals surface area contributed by atoms with Crippen molar-refractivity contribution in [3.8, 4) is 0 Å².